The zero-order valence-electron chi connectivity index (χ0n) is 24.7. The second-order valence-electron chi connectivity index (χ2n) is 9.26. The summed E-state index contributed by atoms with van der Waals surface area (Å²) in [6, 6.07) is 0. The molecule has 0 bridgehead atoms. The van der Waals surface area contributed by atoms with Crippen molar-refractivity contribution in [2.75, 3.05) is 106 Å². The Morgan fingerprint density at radius 2 is 0.750 bits per heavy atom. The highest BCUT2D eigenvalue weighted by Crippen LogP contribution is 2.32. The van der Waals surface area contributed by atoms with E-state index in [1.807, 2.05) is 0 Å². The van der Waals surface area contributed by atoms with Crippen LogP contribution in [0.15, 0.2) is 0 Å². The summed E-state index contributed by atoms with van der Waals surface area (Å²) >= 11 is 0. The van der Waals surface area contributed by atoms with Gasteiger partial charge in [0, 0.05) is 26.4 Å². The van der Waals surface area contributed by atoms with Crippen molar-refractivity contribution in [3.05, 3.63) is 0 Å². The minimum absolute atomic E-state index is 0.0507. The molecule has 0 aliphatic rings. The Morgan fingerprint density at radius 3 is 1.00 bits per heavy atom. The van der Waals surface area contributed by atoms with Crippen LogP contribution >= 0.6 is 0 Å². The zero-order valence-corrected chi connectivity index (χ0v) is 24.7. The first kappa shape index (κ1) is 38.6. The lowest BCUT2D eigenvalue weighted by Gasteiger charge is -2.27. The van der Waals surface area contributed by atoms with Gasteiger partial charge in [-0.05, 0) is 25.7 Å². The van der Waals surface area contributed by atoms with E-state index in [2.05, 4.69) is 13.8 Å². The molecule has 40 heavy (non-hydrogen) atoms. The summed E-state index contributed by atoms with van der Waals surface area (Å²) in [4.78, 5) is 23.4. The molecule has 0 rings (SSSR count). The van der Waals surface area contributed by atoms with Crippen molar-refractivity contribution in [3.8, 4) is 0 Å². The van der Waals surface area contributed by atoms with Crippen molar-refractivity contribution in [2.45, 2.75) is 58.8 Å². The molecule has 0 saturated heterocycles. The molecular formula is C28H54O12. The van der Waals surface area contributed by atoms with Crippen LogP contribution in [0.25, 0.3) is 0 Å². The highest BCUT2D eigenvalue weighted by Gasteiger charge is 2.40. The van der Waals surface area contributed by atoms with E-state index in [4.69, 9.17) is 37.9 Å². The smallest absolute Gasteiger partial charge is 0.310 e. The van der Waals surface area contributed by atoms with Gasteiger partial charge in [0.05, 0.1) is 91.1 Å². The zero-order chi connectivity index (χ0) is 29.6. The van der Waals surface area contributed by atoms with Crippen LogP contribution in [0.2, 0.25) is 0 Å². The van der Waals surface area contributed by atoms with Gasteiger partial charge in [-0.25, -0.2) is 0 Å². The number of unbranched alkanes of at least 4 members (excludes halogenated alkanes) is 2. The highest BCUT2D eigenvalue weighted by atomic mass is 16.6. The molecule has 0 amide bonds. The molecule has 0 aliphatic carbocycles. The summed E-state index contributed by atoms with van der Waals surface area (Å²) < 4.78 is 43.5. The van der Waals surface area contributed by atoms with E-state index in [0.717, 1.165) is 38.9 Å². The number of carbonyl (C=O) groups is 2. The van der Waals surface area contributed by atoms with E-state index < -0.39 is 23.8 Å². The Labute approximate surface area is 239 Å². The number of carboxylic acids is 2. The number of aliphatic carboxylic acids is 2. The second-order valence-corrected chi connectivity index (χ2v) is 9.26. The summed E-state index contributed by atoms with van der Waals surface area (Å²) in [7, 11) is 0. The molecule has 0 atom stereocenters. The first-order chi connectivity index (χ1) is 19.5. The molecular weight excluding hydrogens is 528 g/mol. The SMILES string of the molecule is CCCCOCCOCCOCCOCCC(CCOCCOCCOCCOCCCC)(CC(=O)O)C(=O)O. The van der Waals surface area contributed by atoms with E-state index in [0.29, 0.717) is 66.1 Å². The van der Waals surface area contributed by atoms with Crippen LogP contribution in [-0.2, 0) is 47.5 Å². The van der Waals surface area contributed by atoms with Crippen LogP contribution in [0.5, 0.6) is 0 Å². The standard InChI is InChI=1S/C28H54O12/c1-3-5-9-33-13-17-37-21-23-39-19-15-35-11-7-28(27(31)32,25-26(29)30)8-12-36-16-20-40-24-22-38-18-14-34-10-6-4-2/h3-25H2,1-2H3,(H,29,30)(H,31,32). The maximum Gasteiger partial charge on any atom is 0.310 e. The Bertz CT molecular complexity index is 543. The van der Waals surface area contributed by atoms with Crippen LogP contribution in [0.4, 0.5) is 0 Å². The van der Waals surface area contributed by atoms with Crippen LogP contribution in [0.1, 0.15) is 58.8 Å². The predicted octanol–water partition coefficient (Wildman–Crippen LogP) is 3.05. The fourth-order valence-corrected chi connectivity index (χ4v) is 3.43. The topological polar surface area (TPSA) is 148 Å². The van der Waals surface area contributed by atoms with Gasteiger partial charge in [0.25, 0.3) is 0 Å². The van der Waals surface area contributed by atoms with Crippen LogP contribution in [0, 0.1) is 5.41 Å². The maximum absolute atomic E-state index is 12.0. The number of carboxylic acid groups (broad SMARTS) is 2. The molecule has 0 fully saturated rings. The third-order valence-electron chi connectivity index (χ3n) is 5.91. The number of hydrogen-bond acceptors (Lipinski definition) is 10. The quantitative estimate of drug-likeness (QED) is 0.110. The molecule has 0 aromatic rings. The summed E-state index contributed by atoms with van der Waals surface area (Å²) in [5.74, 6) is -2.36. The average Bonchev–Trinajstić information content (AvgIpc) is 2.92. The Hall–Kier alpha value is -1.38. The minimum atomic E-state index is -1.48. The van der Waals surface area contributed by atoms with Gasteiger partial charge in [-0.3, -0.25) is 9.59 Å². The minimum Gasteiger partial charge on any atom is -0.481 e. The van der Waals surface area contributed by atoms with Gasteiger partial charge < -0.3 is 48.1 Å². The summed E-state index contributed by atoms with van der Waals surface area (Å²) in [5, 5.41) is 19.1. The lowest BCUT2D eigenvalue weighted by atomic mass is 9.78. The Kier molecular flexibility index (Phi) is 28.1. The van der Waals surface area contributed by atoms with Crippen molar-refractivity contribution in [1.29, 1.82) is 0 Å². The van der Waals surface area contributed by atoms with Gasteiger partial charge in [-0.2, -0.15) is 0 Å². The van der Waals surface area contributed by atoms with Crippen LogP contribution in [0.3, 0.4) is 0 Å². The van der Waals surface area contributed by atoms with E-state index in [-0.39, 0.29) is 39.3 Å². The summed E-state index contributed by atoms with van der Waals surface area (Å²) in [5.41, 5.74) is -1.48. The van der Waals surface area contributed by atoms with E-state index in [1.165, 1.54) is 0 Å². The Balaban J connectivity index is 3.94. The molecule has 12 heteroatoms. The molecule has 0 unspecified atom stereocenters. The summed E-state index contributed by atoms with van der Waals surface area (Å²) in [6.45, 7) is 11.0. The molecule has 0 aromatic carbocycles. The van der Waals surface area contributed by atoms with E-state index >= 15 is 0 Å². The predicted molar refractivity (Wildman–Crippen MR) is 148 cm³/mol. The van der Waals surface area contributed by atoms with Gasteiger partial charge >= 0.3 is 11.9 Å². The lowest BCUT2D eigenvalue weighted by Crippen LogP contribution is -2.36. The van der Waals surface area contributed by atoms with Gasteiger partial charge in [0.15, 0.2) is 0 Å². The van der Waals surface area contributed by atoms with Crippen molar-refractivity contribution in [3.63, 3.8) is 0 Å². The van der Waals surface area contributed by atoms with Crippen molar-refractivity contribution >= 4 is 11.9 Å². The third-order valence-corrected chi connectivity index (χ3v) is 5.91. The third kappa shape index (κ3) is 24.4. The van der Waals surface area contributed by atoms with Gasteiger partial charge in [-0.15, -0.1) is 0 Å². The molecule has 2 N–H and O–H groups in total. The number of ether oxygens (including phenoxy) is 8. The fourth-order valence-electron chi connectivity index (χ4n) is 3.43. The molecule has 0 radical (unpaired) electrons. The second kappa shape index (κ2) is 29.1. The molecule has 0 aromatic heterocycles. The number of hydrogen-bond donors (Lipinski definition) is 2. The highest BCUT2D eigenvalue weighted by molar-refractivity contribution is 5.81. The number of rotatable bonds is 33. The molecule has 0 saturated carbocycles. The lowest BCUT2D eigenvalue weighted by molar-refractivity contribution is -0.158. The van der Waals surface area contributed by atoms with Gasteiger partial charge in [-0.1, -0.05) is 26.7 Å². The van der Waals surface area contributed by atoms with E-state index in [1.54, 1.807) is 0 Å². The normalized spacial score (nSPS) is 11.8. The van der Waals surface area contributed by atoms with Gasteiger partial charge in [0.1, 0.15) is 0 Å². The first-order valence-corrected chi connectivity index (χ1v) is 14.6. The maximum atomic E-state index is 12.0. The Morgan fingerprint density at radius 1 is 0.475 bits per heavy atom. The summed E-state index contributed by atoms with van der Waals surface area (Å²) in [6.07, 6.45) is 3.88. The van der Waals surface area contributed by atoms with Crippen LogP contribution < -0.4 is 0 Å². The molecule has 12 nitrogen and oxygen atoms in total. The molecule has 0 spiro atoms. The first-order valence-electron chi connectivity index (χ1n) is 14.6. The molecule has 238 valence electrons. The van der Waals surface area contributed by atoms with Crippen molar-refractivity contribution < 1.29 is 57.7 Å². The van der Waals surface area contributed by atoms with Crippen molar-refractivity contribution in [2.24, 2.45) is 5.41 Å². The fraction of sp³-hybridized carbons (Fsp3) is 0.929. The monoisotopic (exact) mass is 582 g/mol. The van der Waals surface area contributed by atoms with Crippen LogP contribution in [-0.4, -0.2) is 128 Å². The van der Waals surface area contributed by atoms with Crippen molar-refractivity contribution in [1.82, 2.24) is 0 Å². The van der Waals surface area contributed by atoms with E-state index in [9.17, 15) is 19.8 Å². The van der Waals surface area contributed by atoms with Gasteiger partial charge in [0.2, 0.25) is 0 Å². The largest absolute Gasteiger partial charge is 0.481 e. The molecule has 0 aliphatic heterocycles. The molecule has 0 heterocycles. The average molecular weight is 583 g/mol.